The van der Waals surface area contributed by atoms with Crippen LogP contribution in [0, 0.1) is 0 Å². The van der Waals surface area contributed by atoms with E-state index in [1.54, 1.807) is 6.20 Å². The van der Waals surface area contributed by atoms with Gasteiger partial charge in [0.05, 0.1) is 25.0 Å². The number of hydrogen-bond acceptors (Lipinski definition) is 7. The summed E-state index contributed by atoms with van der Waals surface area (Å²) in [6, 6.07) is 3.88. The Morgan fingerprint density at radius 1 is 1.08 bits per heavy atom. The van der Waals surface area contributed by atoms with Gasteiger partial charge in [0.1, 0.15) is 12.1 Å². The Kier molecular flexibility index (Phi) is 8.76. The standard InChI is InChI=1S/C23H29N7O6/c1-12(31)20(22(34)29-18(23(35)36)7-14-9-25-11-28-14)30-19(32)10-27-21(33)16(24)6-13-8-26-17-5-3-2-4-15(13)17/h2-5,8-9,11-12,16,18,20,26,31H,6-7,10,24H2,1H3,(H,25,28)(H,27,33)(H,29,34)(H,30,32)(H,35,36). The van der Waals surface area contributed by atoms with Crippen molar-refractivity contribution in [2.45, 2.75) is 44.0 Å². The summed E-state index contributed by atoms with van der Waals surface area (Å²) in [5, 5.41) is 27.3. The summed E-state index contributed by atoms with van der Waals surface area (Å²) in [6.07, 6.45) is 3.38. The molecule has 1 aromatic carbocycles. The predicted octanol–water partition coefficient (Wildman–Crippen LogP) is -1.45. The minimum absolute atomic E-state index is 0.0775. The Bertz CT molecular complexity index is 1210. The zero-order valence-electron chi connectivity index (χ0n) is 19.5. The molecule has 0 spiro atoms. The van der Waals surface area contributed by atoms with E-state index in [2.05, 4.69) is 30.9 Å². The zero-order chi connectivity index (χ0) is 26.2. The molecule has 0 aliphatic carbocycles. The second-order valence-corrected chi connectivity index (χ2v) is 8.35. The smallest absolute Gasteiger partial charge is 0.326 e. The van der Waals surface area contributed by atoms with Crippen LogP contribution in [0.1, 0.15) is 18.2 Å². The molecule has 3 aromatic rings. The molecule has 4 atom stereocenters. The van der Waals surface area contributed by atoms with E-state index in [-0.39, 0.29) is 12.8 Å². The molecule has 2 heterocycles. The first kappa shape index (κ1) is 26.4. The van der Waals surface area contributed by atoms with Crippen LogP contribution in [0.15, 0.2) is 43.0 Å². The third-order valence-corrected chi connectivity index (χ3v) is 5.55. The molecule has 0 saturated heterocycles. The molecular weight excluding hydrogens is 470 g/mol. The molecule has 0 radical (unpaired) electrons. The van der Waals surface area contributed by atoms with E-state index in [1.807, 2.05) is 24.3 Å². The number of nitrogens with one attached hydrogen (secondary N) is 5. The van der Waals surface area contributed by atoms with Crippen LogP contribution in [0.4, 0.5) is 0 Å². The van der Waals surface area contributed by atoms with Gasteiger partial charge in [-0.05, 0) is 25.0 Å². The van der Waals surface area contributed by atoms with Gasteiger partial charge in [-0.2, -0.15) is 0 Å². The van der Waals surface area contributed by atoms with Crippen LogP contribution >= 0.6 is 0 Å². The highest BCUT2D eigenvalue weighted by molar-refractivity contribution is 5.93. The minimum Gasteiger partial charge on any atom is -0.480 e. The van der Waals surface area contributed by atoms with E-state index in [4.69, 9.17) is 5.73 Å². The number of carboxylic acid groups (broad SMARTS) is 1. The highest BCUT2D eigenvalue weighted by Crippen LogP contribution is 2.18. The van der Waals surface area contributed by atoms with Crippen LogP contribution in [0.25, 0.3) is 10.9 Å². The van der Waals surface area contributed by atoms with Crippen LogP contribution < -0.4 is 21.7 Å². The van der Waals surface area contributed by atoms with Crippen molar-refractivity contribution >= 4 is 34.6 Å². The highest BCUT2D eigenvalue weighted by Gasteiger charge is 2.30. The lowest BCUT2D eigenvalue weighted by Crippen LogP contribution is -2.57. The Morgan fingerprint density at radius 3 is 2.50 bits per heavy atom. The molecule has 13 heteroatoms. The zero-order valence-corrected chi connectivity index (χ0v) is 19.5. The highest BCUT2D eigenvalue weighted by atomic mass is 16.4. The maximum atomic E-state index is 12.6. The molecule has 0 fully saturated rings. The topological polar surface area (TPSA) is 215 Å². The number of hydrogen-bond donors (Lipinski definition) is 8. The Balaban J connectivity index is 1.51. The number of carboxylic acids is 1. The lowest BCUT2D eigenvalue weighted by molar-refractivity contribution is -0.143. The van der Waals surface area contributed by atoms with Crippen LogP contribution in [-0.4, -0.2) is 79.6 Å². The van der Waals surface area contributed by atoms with Crippen molar-refractivity contribution in [2.75, 3.05) is 6.54 Å². The van der Waals surface area contributed by atoms with Crippen LogP contribution in [-0.2, 0) is 32.0 Å². The first-order chi connectivity index (χ1) is 17.2. The molecule has 13 nitrogen and oxygen atoms in total. The first-order valence-electron chi connectivity index (χ1n) is 11.2. The number of nitrogens with two attached hydrogens (primary N) is 1. The largest absolute Gasteiger partial charge is 0.480 e. The van der Waals surface area contributed by atoms with Gasteiger partial charge in [-0.1, -0.05) is 18.2 Å². The van der Waals surface area contributed by atoms with E-state index >= 15 is 0 Å². The molecule has 0 aliphatic rings. The van der Waals surface area contributed by atoms with Crippen molar-refractivity contribution in [2.24, 2.45) is 5.73 Å². The molecule has 2 aromatic heterocycles. The first-order valence-corrected chi connectivity index (χ1v) is 11.2. The number of nitrogens with zero attached hydrogens (tertiary/aromatic N) is 1. The van der Waals surface area contributed by atoms with Gasteiger partial charge >= 0.3 is 5.97 Å². The summed E-state index contributed by atoms with van der Waals surface area (Å²) in [5.41, 5.74) is 8.24. The third-order valence-electron chi connectivity index (χ3n) is 5.55. The quantitative estimate of drug-likeness (QED) is 0.147. The average Bonchev–Trinajstić information content (AvgIpc) is 3.50. The van der Waals surface area contributed by atoms with Gasteiger partial charge in [-0.15, -0.1) is 0 Å². The van der Waals surface area contributed by atoms with Gasteiger partial charge in [-0.25, -0.2) is 9.78 Å². The maximum absolute atomic E-state index is 12.6. The summed E-state index contributed by atoms with van der Waals surface area (Å²) >= 11 is 0. The fourth-order valence-corrected chi connectivity index (χ4v) is 3.64. The van der Waals surface area contributed by atoms with E-state index in [0.29, 0.717) is 5.69 Å². The predicted molar refractivity (Wildman–Crippen MR) is 128 cm³/mol. The van der Waals surface area contributed by atoms with E-state index < -0.39 is 54.5 Å². The Hall–Kier alpha value is -4.23. The SMILES string of the molecule is CC(O)C(NC(=O)CNC(=O)C(N)Cc1c[nH]c2ccccc12)C(=O)NC(Cc1cnc[nH]1)C(=O)O. The number of imidazole rings is 1. The van der Waals surface area contributed by atoms with Crippen molar-refractivity contribution in [1.29, 1.82) is 0 Å². The number of para-hydroxylation sites is 1. The number of aliphatic hydroxyl groups is 1. The number of amides is 3. The normalized spacial score (nSPS) is 14.4. The molecule has 3 rings (SSSR count). The number of aromatic nitrogens is 3. The minimum atomic E-state index is -1.45. The molecule has 3 amide bonds. The molecule has 0 saturated carbocycles. The number of benzene rings is 1. The van der Waals surface area contributed by atoms with Crippen LogP contribution in [0.2, 0.25) is 0 Å². The lowest BCUT2D eigenvalue weighted by Gasteiger charge is -2.23. The van der Waals surface area contributed by atoms with Gasteiger partial charge < -0.3 is 41.9 Å². The summed E-state index contributed by atoms with van der Waals surface area (Å²) in [5.74, 6) is -3.53. The Morgan fingerprint density at radius 2 is 1.83 bits per heavy atom. The van der Waals surface area contributed by atoms with Gasteiger partial charge in [0.2, 0.25) is 17.7 Å². The molecular formula is C23H29N7O6. The molecule has 4 unspecified atom stereocenters. The third kappa shape index (κ3) is 6.90. The number of aliphatic carboxylic acids is 1. The molecule has 0 bridgehead atoms. The molecule has 36 heavy (non-hydrogen) atoms. The number of aliphatic hydroxyl groups excluding tert-OH is 1. The molecule has 9 N–H and O–H groups in total. The van der Waals surface area contributed by atoms with Gasteiger partial charge in [0, 0.05) is 35.4 Å². The van der Waals surface area contributed by atoms with Crippen LogP contribution in [0.3, 0.4) is 0 Å². The summed E-state index contributed by atoms with van der Waals surface area (Å²) in [4.78, 5) is 58.6. The number of H-pyrrole nitrogens is 2. The van der Waals surface area contributed by atoms with Crippen molar-refractivity contribution < 1.29 is 29.4 Å². The second-order valence-electron chi connectivity index (χ2n) is 8.35. The maximum Gasteiger partial charge on any atom is 0.326 e. The van der Waals surface area contributed by atoms with E-state index in [0.717, 1.165) is 16.5 Å². The van der Waals surface area contributed by atoms with Gasteiger partial charge in [0.15, 0.2) is 0 Å². The van der Waals surface area contributed by atoms with Crippen molar-refractivity contribution in [3.8, 4) is 0 Å². The van der Waals surface area contributed by atoms with Gasteiger partial charge in [0.25, 0.3) is 0 Å². The second kappa shape index (κ2) is 12.0. The van der Waals surface area contributed by atoms with Crippen molar-refractivity contribution in [3.63, 3.8) is 0 Å². The number of rotatable bonds is 12. The number of fused-ring (bicyclic) bond motifs is 1. The monoisotopic (exact) mass is 499 g/mol. The molecule has 0 aliphatic heterocycles. The van der Waals surface area contributed by atoms with Crippen LogP contribution in [0.5, 0.6) is 0 Å². The number of carbonyl (C=O) groups is 4. The van der Waals surface area contributed by atoms with E-state index in [1.165, 1.54) is 19.4 Å². The number of aromatic amines is 2. The van der Waals surface area contributed by atoms with Crippen molar-refractivity contribution in [1.82, 2.24) is 30.9 Å². The Labute approximate surface area is 205 Å². The summed E-state index contributed by atoms with van der Waals surface area (Å²) in [6.45, 7) is 0.776. The fourth-order valence-electron chi connectivity index (χ4n) is 3.64. The fraction of sp³-hybridized carbons (Fsp3) is 0.348. The van der Waals surface area contributed by atoms with E-state index in [9.17, 15) is 29.4 Å². The number of carbonyl (C=O) groups excluding carboxylic acids is 3. The van der Waals surface area contributed by atoms with Gasteiger partial charge in [-0.3, -0.25) is 14.4 Å². The lowest BCUT2D eigenvalue weighted by atomic mass is 10.1. The molecule has 192 valence electrons. The van der Waals surface area contributed by atoms with Crippen molar-refractivity contribution in [3.05, 3.63) is 54.2 Å². The average molecular weight is 500 g/mol. The summed E-state index contributed by atoms with van der Waals surface area (Å²) < 4.78 is 0. The summed E-state index contributed by atoms with van der Waals surface area (Å²) in [7, 11) is 0.